The zero-order valence-electron chi connectivity index (χ0n) is 11.0. The van der Waals surface area contributed by atoms with Crippen molar-refractivity contribution in [3.8, 4) is 0 Å². The van der Waals surface area contributed by atoms with Gasteiger partial charge in [0, 0.05) is 6.61 Å². The Morgan fingerprint density at radius 2 is 2.06 bits per heavy atom. The molecule has 2 rings (SSSR count). The Kier molecular flexibility index (Phi) is 5.27. The molecule has 1 nitrogen and oxygen atoms in total. The van der Waals surface area contributed by atoms with Crippen molar-refractivity contribution >= 4 is 14.2 Å². The highest BCUT2D eigenvalue weighted by Gasteiger charge is 2.20. The molecule has 1 aliphatic rings. The number of unbranched alkanes of at least 4 members (excludes halogenated alkanes) is 2. The summed E-state index contributed by atoms with van der Waals surface area (Å²) in [5.41, 5.74) is 1.57. The number of hydrogen-bond donors (Lipinski definition) is 0. The SMILES string of the molecule is CCCCCc1ccccc1[SiH]1CCCCO1. The fourth-order valence-electron chi connectivity index (χ4n) is 2.63. The largest absolute Gasteiger partial charge is 0.415 e. The van der Waals surface area contributed by atoms with Crippen molar-refractivity contribution in [3.63, 3.8) is 0 Å². The molecule has 1 unspecified atom stereocenters. The van der Waals surface area contributed by atoms with Crippen molar-refractivity contribution in [3.05, 3.63) is 29.8 Å². The smallest absolute Gasteiger partial charge is 0.208 e. The zero-order chi connectivity index (χ0) is 11.9. The van der Waals surface area contributed by atoms with E-state index in [1.54, 1.807) is 10.8 Å². The summed E-state index contributed by atoms with van der Waals surface area (Å²) in [6, 6.07) is 10.3. The quantitative estimate of drug-likeness (QED) is 0.574. The molecule has 0 bridgehead atoms. The Balaban J connectivity index is 2.03. The molecule has 17 heavy (non-hydrogen) atoms. The van der Waals surface area contributed by atoms with Crippen LogP contribution in [-0.2, 0) is 10.8 Å². The lowest BCUT2D eigenvalue weighted by Crippen LogP contribution is -2.38. The molecule has 0 aliphatic carbocycles. The summed E-state index contributed by atoms with van der Waals surface area (Å²) in [7, 11) is -1.08. The summed E-state index contributed by atoms with van der Waals surface area (Å²) < 4.78 is 6.05. The van der Waals surface area contributed by atoms with Gasteiger partial charge in [0.2, 0.25) is 9.04 Å². The summed E-state index contributed by atoms with van der Waals surface area (Å²) in [6.45, 7) is 3.27. The maximum atomic E-state index is 6.05. The lowest BCUT2D eigenvalue weighted by atomic mass is 10.1. The highest BCUT2D eigenvalue weighted by Crippen LogP contribution is 2.14. The van der Waals surface area contributed by atoms with Gasteiger partial charge in [-0.3, -0.25) is 0 Å². The van der Waals surface area contributed by atoms with Gasteiger partial charge in [-0.25, -0.2) is 0 Å². The lowest BCUT2D eigenvalue weighted by Gasteiger charge is -2.23. The molecule has 1 aromatic rings. The van der Waals surface area contributed by atoms with Crippen molar-refractivity contribution in [1.82, 2.24) is 0 Å². The molecule has 0 amide bonds. The van der Waals surface area contributed by atoms with E-state index in [-0.39, 0.29) is 0 Å². The first-order valence-corrected chi connectivity index (χ1v) is 8.97. The molecule has 1 aliphatic heterocycles. The summed E-state index contributed by atoms with van der Waals surface area (Å²) in [5.74, 6) is 0. The van der Waals surface area contributed by atoms with E-state index < -0.39 is 9.04 Å². The molecule has 0 N–H and O–H groups in total. The van der Waals surface area contributed by atoms with Gasteiger partial charge >= 0.3 is 0 Å². The van der Waals surface area contributed by atoms with Crippen molar-refractivity contribution < 1.29 is 4.43 Å². The molecule has 2 heteroatoms. The van der Waals surface area contributed by atoms with Gasteiger partial charge in [-0.05, 0) is 36.1 Å². The summed E-state index contributed by atoms with van der Waals surface area (Å²) in [4.78, 5) is 0. The maximum Gasteiger partial charge on any atom is 0.208 e. The average molecular weight is 248 g/mol. The second kappa shape index (κ2) is 6.97. The number of aryl methyl sites for hydroxylation is 1. The molecule has 1 aromatic carbocycles. The number of rotatable bonds is 5. The van der Waals surface area contributed by atoms with Crippen LogP contribution in [0.15, 0.2) is 24.3 Å². The van der Waals surface area contributed by atoms with Crippen LogP contribution in [0.25, 0.3) is 0 Å². The van der Waals surface area contributed by atoms with Gasteiger partial charge in [-0.2, -0.15) is 0 Å². The van der Waals surface area contributed by atoms with E-state index in [2.05, 4.69) is 31.2 Å². The van der Waals surface area contributed by atoms with E-state index in [1.807, 2.05) is 0 Å². The predicted molar refractivity (Wildman–Crippen MR) is 76.4 cm³/mol. The van der Waals surface area contributed by atoms with Gasteiger partial charge in [0.15, 0.2) is 0 Å². The molecule has 0 saturated carbocycles. The van der Waals surface area contributed by atoms with E-state index in [9.17, 15) is 0 Å². The highest BCUT2D eigenvalue weighted by molar-refractivity contribution is 6.68. The second-order valence-corrected chi connectivity index (χ2v) is 7.52. The van der Waals surface area contributed by atoms with Crippen LogP contribution in [0.3, 0.4) is 0 Å². The van der Waals surface area contributed by atoms with Crippen LogP contribution in [0.4, 0.5) is 0 Å². The topological polar surface area (TPSA) is 9.23 Å². The van der Waals surface area contributed by atoms with Gasteiger partial charge in [0.05, 0.1) is 0 Å². The Morgan fingerprint density at radius 3 is 2.82 bits per heavy atom. The molecular formula is C15H24OSi. The van der Waals surface area contributed by atoms with Crippen LogP contribution in [0, 0.1) is 0 Å². The third kappa shape index (κ3) is 3.68. The molecule has 0 spiro atoms. The van der Waals surface area contributed by atoms with Gasteiger partial charge in [-0.15, -0.1) is 0 Å². The molecule has 1 fully saturated rings. The maximum absolute atomic E-state index is 6.05. The predicted octanol–water partition coefficient (Wildman–Crippen LogP) is 3.16. The highest BCUT2D eigenvalue weighted by atomic mass is 28.3. The van der Waals surface area contributed by atoms with Crippen LogP contribution >= 0.6 is 0 Å². The van der Waals surface area contributed by atoms with Crippen LogP contribution in [0.2, 0.25) is 6.04 Å². The fraction of sp³-hybridized carbons (Fsp3) is 0.600. The van der Waals surface area contributed by atoms with Crippen LogP contribution in [0.5, 0.6) is 0 Å². The van der Waals surface area contributed by atoms with Crippen LogP contribution < -0.4 is 5.19 Å². The van der Waals surface area contributed by atoms with Gasteiger partial charge in [0.25, 0.3) is 0 Å². The normalized spacial score (nSPS) is 20.4. The van der Waals surface area contributed by atoms with Crippen molar-refractivity contribution in [2.24, 2.45) is 0 Å². The molecule has 1 heterocycles. The minimum atomic E-state index is -1.08. The molecule has 1 saturated heterocycles. The lowest BCUT2D eigenvalue weighted by molar-refractivity contribution is 0.294. The average Bonchev–Trinajstić information content (AvgIpc) is 2.41. The van der Waals surface area contributed by atoms with Gasteiger partial charge in [-0.1, -0.05) is 50.5 Å². The van der Waals surface area contributed by atoms with Crippen LogP contribution in [-0.4, -0.2) is 15.6 Å². The molecule has 94 valence electrons. The molecule has 0 aromatic heterocycles. The minimum Gasteiger partial charge on any atom is -0.415 e. The Morgan fingerprint density at radius 1 is 1.18 bits per heavy atom. The van der Waals surface area contributed by atoms with E-state index >= 15 is 0 Å². The van der Waals surface area contributed by atoms with E-state index in [0.29, 0.717) is 0 Å². The van der Waals surface area contributed by atoms with E-state index in [1.165, 1.54) is 44.6 Å². The summed E-state index contributed by atoms with van der Waals surface area (Å²) in [6.07, 6.45) is 7.87. The first kappa shape index (κ1) is 12.8. The van der Waals surface area contributed by atoms with Gasteiger partial charge < -0.3 is 4.43 Å². The van der Waals surface area contributed by atoms with Crippen molar-refractivity contribution in [2.45, 2.75) is 51.5 Å². The summed E-state index contributed by atoms with van der Waals surface area (Å²) >= 11 is 0. The molecule has 1 atom stereocenters. The number of hydrogen-bond acceptors (Lipinski definition) is 1. The first-order valence-electron chi connectivity index (χ1n) is 7.11. The van der Waals surface area contributed by atoms with Crippen molar-refractivity contribution in [2.75, 3.05) is 6.61 Å². The van der Waals surface area contributed by atoms with E-state index in [0.717, 1.165) is 6.61 Å². The minimum absolute atomic E-state index is 1.00. The summed E-state index contributed by atoms with van der Waals surface area (Å²) in [5, 5.41) is 1.59. The Bertz CT molecular complexity index is 331. The van der Waals surface area contributed by atoms with Crippen molar-refractivity contribution in [1.29, 1.82) is 0 Å². The molecular weight excluding hydrogens is 224 g/mol. The third-order valence-corrected chi connectivity index (χ3v) is 6.46. The standard InChI is InChI=1S/C15H24OSi/c1-2-3-4-9-14-10-5-6-11-15(14)17-13-8-7-12-16-17/h5-6,10-11,17H,2-4,7-9,12-13H2,1H3. The van der Waals surface area contributed by atoms with Gasteiger partial charge in [0.1, 0.15) is 0 Å². The third-order valence-electron chi connectivity index (χ3n) is 3.63. The van der Waals surface area contributed by atoms with Crippen LogP contribution in [0.1, 0.15) is 44.6 Å². The first-order chi connectivity index (χ1) is 8.42. The second-order valence-electron chi connectivity index (χ2n) is 5.01. The monoisotopic (exact) mass is 248 g/mol. The Hall–Kier alpha value is -0.603. The molecule has 0 radical (unpaired) electrons. The zero-order valence-corrected chi connectivity index (χ0v) is 12.1. The fourth-order valence-corrected chi connectivity index (χ4v) is 5.38. The number of benzene rings is 1. The van der Waals surface area contributed by atoms with E-state index in [4.69, 9.17) is 4.43 Å². The Labute approximate surface area is 107 Å².